The highest BCUT2D eigenvalue weighted by Crippen LogP contribution is 2.31. The van der Waals surface area contributed by atoms with Gasteiger partial charge in [-0.2, -0.15) is 13.7 Å². The minimum atomic E-state index is -3.68. The van der Waals surface area contributed by atoms with Crippen molar-refractivity contribution in [2.24, 2.45) is 10.3 Å². The van der Waals surface area contributed by atoms with Crippen LogP contribution in [-0.4, -0.2) is 48.0 Å². The first-order valence-electron chi connectivity index (χ1n) is 10.1. The molecule has 3 heterocycles. The van der Waals surface area contributed by atoms with E-state index in [1.807, 2.05) is 29.2 Å². The molecule has 156 valence electrons. The smallest absolute Gasteiger partial charge is 0.285 e. The zero-order valence-corrected chi connectivity index (χ0v) is 17.3. The van der Waals surface area contributed by atoms with Gasteiger partial charge in [-0.25, -0.2) is 4.98 Å². The summed E-state index contributed by atoms with van der Waals surface area (Å²) in [7, 11) is -3.68. The number of imidazole rings is 1. The number of sulfonamides is 1. The van der Waals surface area contributed by atoms with E-state index in [0.29, 0.717) is 43.2 Å². The van der Waals surface area contributed by atoms with E-state index in [0.717, 1.165) is 11.0 Å². The molecule has 1 atom stereocenters. The van der Waals surface area contributed by atoms with Gasteiger partial charge in [-0.1, -0.05) is 24.3 Å². The lowest BCUT2D eigenvalue weighted by Gasteiger charge is -2.33. The fraction of sp³-hybridized carbons (Fsp3) is 0.273. The van der Waals surface area contributed by atoms with Gasteiger partial charge in [0.15, 0.2) is 17.5 Å². The first-order chi connectivity index (χ1) is 15.0. The van der Waals surface area contributed by atoms with E-state index in [-0.39, 0.29) is 16.6 Å². The van der Waals surface area contributed by atoms with Gasteiger partial charge in [-0.3, -0.25) is 4.79 Å². The lowest BCUT2D eigenvalue weighted by molar-refractivity contribution is -0.124. The number of fused-ring (bicyclic) bond motifs is 2. The van der Waals surface area contributed by atoms with Crippen molar-refractivity contribution in [3.05, 3.63) is 59.9 Å². The lowest BCUT2D eigenvalue weighted by Crippen LogP contribution is -2.41. The first-order valence-corrected chi connectivity index (χ1v) is 11.5. The van der Waals surface area contributed by atoms with Gasteiger partial charge in [0, 0.05) is 24.6 Å². The number of benzene rings is 2. The number of nitrogens with zero attached hydrogens (tertiary/aromatic N) is 4. The number of nitriles is 1. The number of H-pyrrole nitrogens is 1. The second-order valence-corrected chi connectivity index (χ2v) is 9.32. The largest absolute Gasteiger partial charge is 0.355 e. The molecule has 31 heavy (non-hydrogen) atoms. The number of carbonyl (C=O) groups excluding carboxylic acids is 1. The molecule has 1 saturated heterocycles. The third-order valence-corrected chi connectivity index (χ3v) is 7.23. The molecular weight excluding hydrogens is 414 g/mol. The second kappa shape index (κ2) is 7.32. The summed E-state index contributed by atoms with van der Waals surface area (Å²) >= 11 is 0. The van der Waals surface area contributed by atoms with Crippen molar-refractivity contribution in [3.63, 3.8) is 0 Å². The number of amidine groups is 1. The molecule has 1 N–H and O–H groups in total. The van der Waals surface area contributed by atoms with Crippen molar-refractivity contribution >= 4 is 32.7 Å². The number of carbonyl (C=O) groups is 1. The predicted octanol–water partition coefficient (Wildman–Crippen LogP) is 2.60. The van der Waals surface area contributed by atoms with Crippen LogP contribution in [0, 0.1) is 17.2 Å². The summed E-state index contributed by atoms with van der Waals surface area (Å²) in [5, 5.41) is 9.67. The Balaban J connectivity index is 1.32. The van der Waals surface area contributed by atoms with Crippen LogP contribution >= 0.6 is 0 Å². The van der Waals surface area contributed by atoms with E-state index in [1.165, 1.54) is 0 Å². The zero-order chi connectivity index (χ0) is 21.6. The maximum absolute atomic E-state index is 13.1. The molecule has 9 heteroatoms. The van der Waals surface area contributed by atoms with Gasteiger partial charge < -0.3 is 9.88 Å². The van der Waals surface area contributed by atoms with E-state index >= 15 is 0 Å². The van der Waals surface area contributed by atoms with Crippen LogP contribution in [0.5, 0.6) is 0 Å². The quantitative estimate of drug-likeness (QED) is 0.678. The molecule has 2 aromatic carbocycles. The molecule has 0 amide bonds. The van der Waals surface area contributed by atoms with Crippen LogP contribution in [0.4, 0.5) is 0 Å². The van der Waals surface area contributed by atoms with Crippen LogP contribution in [0.1, 0.15) is 30.1 Å². The molecule has 0 bridgehead atoms. The highest BCUT2D eigenvalue weighted by atomic mass is 32.2. The molecule has 3 aromatic rings. The molecule has 1 fully saturated rings. The van der Waals surface area contributed by atoms with Gasteiger partial charge in [0.1, 0.15) is 10.7 Å². The number of nitrogens with one attached hydrogen (secondary N) is 1. The Labute approximate surface area is 179 Å². The first kappa shape index (κ1) is 19.5. The number of likely N-dealkylation sites (tertiary alicyclic amines) is 1. The number of Topliss-reactive ketones (excluding diaryl/α,β-unsaturated/α-hetero) is 1. The summed E-state index contributed by atoms with van der Waals surface area (Å²) in [5.41, 5.74) is 2.11. The fourth-order valence-corrected chi connectivity index (χ4v) is 5.52. The molecule has 0 spiro atoms. The van der Waals surface area contributed by atoms with E-state index in [2.05, 4.69) is 20.4 Å². The van der Waals surface area contributed by atoms with Gasteiger partial charge in [0.05, 0.1) is 17.1 Å². The van der Waals surface area contributed by atoms with Gasteiger partial charge >= 0.3 is 0 Å². The van der Waals surface area contributed by atoms with Crippen molar-refractivity contribution in [3.8, 4) is 6.07 Å². The molecule has 8 nitrogen and oxygen atoms in total. The Morgan fingerprint density at radius 3 is 2.58 bits per heavy atom. The maximum atomic E-state index is 13.1. The Kier molecular flexibility index (Phi) is 4.59. The maximum Gasteiger partial charge on any atom is 0.285 e. The van der Waals surface area contributed by atoms with E-state index in [1.54, 1.807) is 24.3 Å². The normalized spacial score (nSPS) is 18.9. The van der Waals surface area contributed by atoms with Crippen LogP contribution in [0.2, 0.25) is 0 Å². The van der Waals surface area contributed by atoms with Crippen LogP contribution in [-0.2, 0) is 14.8 Å². The summed E-state index contributed by atoms with van der Waals surface area (Å²) in [6, 6.07) is 16.3. The number of aromatic nitrogens is 2. The van der Waals surface area contributed by atoms with Crippen molar-refractivity contribution in [1.82, 2.24) is 14.9 Å². The minimum Gasteiger partial charge on any atom is -0.355 e. The molecule has 5 rings (SSSR count). The summed E-state index contributed by atoms with van der Waals surface area (Å²) < 4.78 is 28.6. The number of ketones is 1. The molecule has 0 saturated carbocycles. The molecule has 0 aliphatic carbocycles. The molecule has 2 aliphatic rings. The molecule has 2 aliphatic heterocycles. The Hall–Kier alpha value is -3.51. The number of piperidine rings is 1. The number of aromatic amines is 1. The van der Waals surface area contributed by atoms with Crippen LogP contribution < -0.4 is 0 Å². The topological polar surface area (TPSA) is 119 Å². The Bertz CT molecular complexity index is 1330. The molecule has 0 radical (unpaired) electrons. The Morgan fingerprint density at radius 2 is 1.84 bits per heavy atom. The average molecular weight is 433 g/mol. The SMILES string of the molecule is N#C[C@H](C(=O)C1CCN(C2=NS(=O)(=O)c3ccccc32)CC1)c1nc2ccccc2[nH]1. The highest BCUT2D eigenvalue weighted by Gasteiger charge is 2.36. The number of para-hydroxylation sites is 2. The summed E-state index contributed by atoms with van der Waals surface area (Å²) in [6.45, 7) is 0.995. The van der Waals surface area contributed by atoms with Gasteiger partial charge in [-0.15, -0.1) is 4.40 Å². The van der Waals surface area contributed by atoms with Crippen molar-refractivity contribution in [1.29, 1.82) is 5.26 Å². The molecule has 0 unspecified atom stereocenters. The zero-order valence-electron chi connectivity index (χ0n) is 16.5. The second-order valence-electron chi connectivity index (χ2n) is 7.75. The number of rotatable bonds is 3. The van der Waals surface area contributed by atoms with E-state index < -0.39 is 15.9 Å². The van der Waals surface area contributed by atoms with E-state index in [9.17, 15) is 18.5 Å². The standard InChI is InChI=1S/C22H19N5O3S/c23-13-16(21-24-17-6-2-3-7-18(17)25-21)20(28)14-9-11-27(12-10-14)22-15-5-1-4-8-19(15)31(29,30)26-22/h1-8,14,16H,9-12H2,(H,24,25)/t16-/m1/s1. The van der Waals surface area contributed by atoms with Gasteiger partial charge in [-0.05, 0) is 37.1 Å². The summed E-state index contributed by atoms with van der Waals surface area (Å²) in [5.74, 6) is -0.577. The van der Waals surface area contributed by atoms with E-state index in [4.69, 9.17) is 0 Å². The third kappa shape index (κ3) is 3.29. The monoisotopic (exact) mass is 433 g/mol. The van der Waals surface area contributed by atoms with Crippen LogP contribution in [0.3, 0.4) is 0 Å². The highest BCUT2D eigenvalue weighted by molar-refractivity contribution is 7.90. The van der Waals surface area contributed by atoms with Crippen molar-refractivity contribution < 1.29 is 13.2 Å². The number of hydrogen-bond donors (Lipinski definition) is 1. The van der Waals surface area contributed by atoms with Crippen molar-refractivity contribution in [2.45, 2.75) is 23.7 Å². The summed E-state index contributed by atoms with van der Waals surface area (Å²) in [4.78, 5) is 22.8. The van der Waals surface area contributed by atoms with Crippen molar-refractivity contribution in [2.75, 3.05) is 13.1 Å². The van der Waals surface area contributed by atoms with Crippen LogP contribution in [0.25, 0.3) is 11.0 Å². The average Bonchev–Trinajstić information content (AvgIpc) is 3.33. The molecular formula is C22H19N5O3S. The lowest BCUT2D eigenvalue weighted by atomic mass is 9.85. The third-order valence-electron chi connectivity index (χ3n) is 5.90. The molecule has 1 aromatic heterocycles. The van der Waals surface area contributed by atoms with Gasteiger partial charge in [0.25, 0.3) is 10.0 Å². The van der Waals surface area contributed by atoms with Crippen LogP contribution in [0.15, 0.2) is 57.8 Å². The fourth-order valence-electron chi connectivity index (χ4n) is 4.30. The predicted molar refractivity (Wildman–Crippen MR) is 114 cm³/mol. The van der Waals surface area contributed by atoms with Gasteiger partial charge in [0.2, 0.25) is 0 Å². The Morgan fingerprint density at radius 1 is 1.13 bits per heavy atom. The minimum absolute atomic E-state index is 0.150. The number of hydrogen-bond acceptors (Lipinski definition) is 6. The summed E-state index contributed by atoms with van der Waals surface area (Å²) in [6.07, 6.45) is 1.05.